The third-order valence-corrected chi connectivity index (χ3v) is 4.38. The molecule has 2 atom stereocenters. The van der Waals surface area contributed by atoms with E-state index in [0.29, 0.717) is 21.5 Å². The van der Waals surface area contributed by atoms with Crippen LogP contribution in [0.5, 0.6) is 0 Å². The molecule has 0 radical (unpaired) electrons. The van der Waals surface area contributed by atoms with E-state index in [2.05, 4.69) is 10.5 Å². The van der Waals surface area contributed by atoms with Crippen molar-refractivity contribution in [3.63, 3.8) is 0 Å². The van der Waals surface area contributed by atoms with E-state index in [4.69, 9.17) is 23.2 Å². The lowest BCUT2D eigenvalue weighted by molar-refractivity contribution is -0.122. The van der Waals surface area contributed by atoms with Crippen molar-refractivity contribution in [2.75, 3.05) is 0 Å². The number of benzene rings is 2. The second kappa shape index (κ2) is 6.51. The molecule has 0 spiro atoms. The lowest BCUT2D eigenvalue weighted by atomic mass is 10.1. The highest BCUT2D eigenvalue weighted by molar-refractivity contribution is 6.38. The van der Waals surface area contributed by atoms with Crippen molar-refractivity contribution in [3.8, 4) is 0 Å². The molecule has 0 heterocycles. The number of hydrogen-bond donors (Lipinski definition) is 1. The Balaban J connectivity index is 1.59. The molecule has 1 aliphatic rings. The van der Waals surface area contributed by atoms with Gasteiger partial charge in [-0.3, -0.25) is 4.79 Å². The van der Waals surface area contributed by atoms with E-state index in [1.54, 1.807) is 18.2 Å². The molecule has 0 saturated heterocycles. The summed E-state index contributed by atoms with van der Waals surface area (Å²) < 4.78 is 0. The van der Waals surface area contributed by atoms with E-state index in [1.807, 2.05) is 30.3 Å². The maximum absolute atomic E-state index is 12.1. The van der Waals surface area contributed by atoms with E-state index in [9.17, 15) is 4.79 Å². The maximum atomic E-state index is 12.1. The van der Waals surface area contributed by atoms with Gasteiger partial charge in [-0.05, 0) is 30.0 Å². The highest BCUT2D eigenvalue weighted by Gasteiger charge is 2.43. The number of nitrogens with zero attached hydrogens (tertiary/aromatic N) is 1. The zero-order valence-electron chi connectivity index (χ0n) is 11.7. The number of hydrogen-bond acceptors (Lipinski definition) is 2. The Labute approximate surface area is 138 Å². The fourth-order valence-corrected chi connectivity index (χ4v) is 2.93. The van der Waals surface area contributed by atoms with Gasteiger partial charge in [0.2, 0.25) is 5.91 Å². The third kappa shape index (κ3) is 3.32. The molecule has 1 saturated carbocycles. The van der Waals surface area contributed by atoms with Crippen molar-refractivity contribution < 1.29 is 4.79 Å². The Morgan fingerprint density at radius 1 is 1.09 bits per heavy atom. The number of nitrogens with one attached hydrogen (secondary N) is 1. The normalized spacial score (nSPS) is 20.1. The molecular weight excluding hydrogens is 319 g/mol. The lowest BCUT2D eigenvalue weighted by Gasteiger charge is -2.02. The van der Waals surface area contributed by atoms with Gasteiger partial charge in [0.05, 0.1) is 16.3 Å². The van der Waals surface area contributed by atoms with Gasteiger partial charge in [-0.2, -0.15) is 5.10 Å². The van der Waals surface area contributed by atoms with E-state index >= 15 is 0 Å². The maximum Gasteiger partial charge on any atom is 0.243 e. The van der Waals surface area contributed by atoms with Gasteiger partial charge in [-0.25, -0.2) is 5.43 Å². The Hall–Kier alpha value is -1.84. The average Bonchev–Trinajstić information content (AvgIpc) is 3.32. The molecule has 2 unspecified atom stereocenters. The second-order valence-electron chi connectivity index (χ2n) is 5.23. The molecule has 1 fully saturated rings. The Bertz CT molecular complexity index is 696. The fourth-order valence-electron chi connectivity index (χ4n) is 2.43. The van der Waals surface area contributed by atoms with E-state index in [-0.39, 0.29) is 11.8 Å². The van der Waals surface area contributed by atoms with Crippen molar-refractivity contribution >= 4 is 35.3 Å². The van der Waals surface area contributed by atoms with Crippen LogP contribution in [0.25, 0.3) is 0 Å². The van der Waals surface area contributed by atoms with E-state index in [1.165, 1.54) is 11.8 Å². The predicted octanol–water partition coefficient (Wildman–Crippen LogP) is 4.25. The molecule has 5 heteroatoms. The minimum atomic E-state index is -0.0757. The van der Waals surface area contributed by atoms with Crippen LogP contribution in [0.15, 0.2) is 53.6 Å². The van der Waals surface area contributed by atoms with Crippen molar-refractivity contribution in [2.45, 2.75) is 12.3 Å². The van der Waals surface area contributed by atoms with Gasteiger partial charge in [-0.15, -0.1) is 0 Å². The summed E-state index contributed by atoms with van der Waals surface area (Å²) in [6, 6.07) is 15.2. The smallest absolute Gasteiger partial charge is 0.243 e. The molecule has 1 aliphatic carbocycles. The molecule has 0 aromatic heterocycles. The molecule has 0 bridgehead atoms. The number of carbonyl (C=O) groups excluding carboxylic acids is 1. The molecule has 0 aliphatic heterocycles. The summed E-state index contributed by atoms with van der Waals surface area (Å²) in [5.74, 6) is 0.204. The SMILES string of the molecule is O=C(NN=Cc1c(Cl)cccc1Cl)C1CC1c1ccccc1. The summed E-state index contributed by atoms with van der Waals surface area (Å²) in [5.41, 5.74) is 4.35. The first-order valence-electron chi connectivity index (χ1n) is 6.98. The first kappa shape index (κ1) is 15.1. The highest BCUT2D eigenvalue weighted by atomic mass is 35.5. The van der Waals surface area contributed by atoms with Gasteiger partial charge >= 0.3 is 0 Å². The number of halogens is 2. The molecule has 112 valence electrons. The average molecular weight is 333 g/mol. The zero-order chi connectivity index (χ0) is 15.5. The minimum absolute atomic E-state index is 0.0127. The van der Waals surface area contributed by atoms with E-state index in [0.717, 1.165) is 6.42 Å². The van der Waals surface area contributed by atoms with Gasteiger partial charge in [0.25, 0.3) is 0 Å². The molecule has 1 amide bonds. The van der Waals surface area contributed by atoms with Gasteiger partial charge in [0, 0.05) is 11.5 Å². The molecule has 22 heavy (non-hydrogen) atoms. The minimum Gasteiger partial charge on any atom is -0.273 e. The number of amides is 1. The van der Waals surface area contributed by atoms with Crippen LogP contribution in [-0.4, -0.2) is 12.1 Å². The van der Waals surface area contributed by atoms with Crippen molar-refractivity contribution in [2.24, 2.45) is 11.0 Å². The van der Waals surface area contributed by atoms with Crippen LogP contribution in [-0.2, 0) is 4.79 Å². The first-order chi connectivity index (χ1) is 10.7. The molecule has 2 aromatic rings. The van der Waals surface area contributed by atoms with Crippen LogP contribution in [0.3, 0.4) is 0 Å². The first-order valence-corrected chi connectivity index (χ1v) is 7.74. The van der Waals surface area contributed by atoms with Gasteiger partial charge < -0.3 is 0 Å². The van der Waals surface area contributed by atoms with Crippen LogP contribution < -0.4 is 5.43 Å². The summed E-state index contributed by atoms with van der Waals surface area (Å²) >= 11 is 12.1. The van der Waals surface area contributed by atoms with Gasteiger partial charge in [-0.1, -0.05) is 59.6 Å². The summed E-state index contributed by atoms with van der Waals surface area (Å²) in [6.07, 6.45) is 2.33. The number of carbonyl (C=O) groups is 1. The topological polar surface area (TPSA) is 41.5 Å². The summed E-state index contributed by atoms with van der Waals surface area (Å²) in [5, 5.41) is 4.96. The fraction of sp³-hybridized carbons (Fsp3) is 0.176. The van der Waals surface area contributed by atoms with Crippen LogP contribution in [0, 0.1) is 5.92 Å². The molecular formula is C17H14Cl2N2O. The predicted molar refractivity (Wildman–Crippen MR) is 89.5 cm³/mol. The van der Waals surface area contributed by atoms with Crippen molar-refractivity contribution in [3.05, 3.63) is 69.7 Å². The summed E-state index contributed by atoms with van der Waals surface area (Å²) in [6.45, 7) is 0. The van der Waals surface area contributed by atoms with E-state index < -0.39 is 0 Å². The summed E-state index contributed by atoms with van der Waals surface area (Å²) in [7, 11) is 0. The second-order valence-corrected chi connectivity index (χ2v) is 6.04. The van der Waals surface area contributed by atoms with Crippen LogP contribution in [0.4, 0.5) is 0 Å². The molecule has 3 nitrogen and oxygen atoms in total. The Kier molecular flexibility index (Phi) is 4.46. The van der Waals surface area contributed by atoms with Crippen molar-refractivity contribution in [1.29, 1.82) is 0 Å². The molecule has 2 aromatic carbocycles. The Morgan fingerprint density at radius 2 is 1.77 bits per heavy atom. The lowest BCUT2D eigenvalue weighted by Crippen LogP contribution is -2.20. The summed E-state index contributed by atoms with van der Waals surface area (Å²) in [4.78, 5) is 12.1. The van der Waals surface area contributed by atoms with Crippen molar-refractivity contribution in [1.82, 2.24) is 5.43 Å². The van der Waals surface area contributed by atoms with Crippen LogP contribution in [0.1, 0.15) is 23.5 Å². The number of hydrazone groups is 1. The quantitative estimate of drug-likeness (QED) is 0.660. The zero-order valence-corrected chi connectivity index (χ0v) is 13.2. The molecule has 1 N–H and O–H groups in total. The van der Waals surface area contributed by atoms with Crippen LogP contribution in [0.2, 0.25) is 10.0 Å². The van der Waals surface area contributed by atoms with Gasteiger partial charge in [0.1, 0.15) is 0 Å². The largest absolute Gasteiger partial charge is 0.273 e. The van der Waals surface area contributed by atoms with Crippen LogP contribution >= 0.6 is 23.2 Å². The number of rotatable bonds is 4. The Morgan fingerprint density at radius 3 is 2.45 bits per heavy atom. The highest BCUT2D eigenvalue weighted by Crippen LogP contribution is 2.47. The standard InChI is InChI=1S/C17H14Cl2N2O/c18-15-7-4-8-16(19)14(15)10-20-21-17(22)13-9-12(13)11-5-2-1-3-6-11/h1-8,10,12-13H,9H2,(H,21,22). The van der Waals surface area contributed by atoms with Gasteiger partial charge in [0.15, 0.2) is 0 Å². The third-order valence-electron chi connectivity index (χ3n) is 3.72. The monoisotopic (exact) mass is 332 g/mol. The molecule has 3 rings (SSSR count).